The molecule has 0 aromatic carbocycles. The van der Waals surface area contributed by atoms with Crippen molar-refractivity contribution >= 4 is 0 Å². The van der Waals surface area contributed by atoms with Crippen molar-refractivity contribution in [3.05, 3.63) is 0 Å². The van der Waals surface area contributed by atoms with Gasteiger partial charge in [0.05, 0.1) is 0 Å². The maximum Gasteiger partial charge on any atom is 0.0478 e. The molecule has 0 spiro atoms. The van der Waals surface area contributed by atoms with Crippen molar-refractivity contribution < 1.29 is 4.74 Å². The third-order valence-corrected chi connectivity index (χ3v) is 1.86. The Hall–Kier alpha value is -0.0800. The van der Waals surface area contributed by atoms with Crippen LogP contribution in [-0.4, -0.2) is 37.7 Å². The molecule has 0 bridgehead atoms. The zero-order chi connectivity index (χ0) is 8.53. The Balaban J connectivity index is 3.07. The number of ether oxygens (including phenoxy) is 1. The predicted octanol–water partition coefficient (Wildman–Crippen LogP) is 1.75. The van der Waals surface area contributed by atoms with Gasteiger partial charge in [-0.3, -0.25) is 0 Å². The molecule has 0 fully saturated rings. The van der Waals surface area contributed by atoms with E-state index < -0.39 is 0 Å². The zero-order valence-corrected chi connectivity index (χ0v) is 8.10. The number of hydrogen-bond acceptors (Lipinski definition) is 2. The van der Waals surface area contributed by atoms with Crippen molar-refractivity contribution in [1.82, 2.24) is 4.90 Å². The van der Waals surface area contributed by atoms with Crippen LogP contribution in [-0.2, 0) is 4.74 Å². The van der Waals surface area contributed by atoms with Crippen LogP contribution in [0.3, 0.4) is 0 Å². The van der Waals surface area contributed by atoms with Crippen LogP contribution in [0.2, 0.25) is 0 Å². The summed E-state index contributed by atoms with van der Waals surface area (Å²) in [5.74, 6) is 0. The topological polar surface area (TPSA) is 12.5 Å². The Labute approximate surface area is 70.5 Å². The Morgan fingerprint density at radius 1 is 1.09 bits per heavy atom. The van der Waals surface area contributed by atoms with E-state index in [-0.39, 0.29) is 0 Å². The molecule has 0 saturated carbocycles. The Kier molecular flexibility index (Phi) is 7.96. The summed E-state index contributed by atoms with van der Waals surface area (Å²) in [6, 6.07) is 0. The smallest absolute Gasteiger partial charge is 0.0478 e. The molecule has 11 heavy (non-hydrogen) atoms. The van der Waals surface area contributed by atoms with Gasteiger partial charge in [-0.2, -0.15) is 0 Å². The Morgan fingerprint density at radius 3 is 2.18 bits per heavy atom. The molecule has 0 rings (SSSR count). The van der Waals surface area contributed by atoms with Crippen LogP contribution in [0, 0.1) is 0 Å². The molecule has 0 atom stereocenters. The van der Waals surface area contributed by atoms with Crippen molar-refractivity contribution in [2.45, 2.75) is 27.2 Å². The molecule has 0 amide bonds. The normalized spacial score (nSPS) is 10.9. The van der Waals surface area contributed by atoms with Gasteiger partial charge in [0.1, 0.15) is 0 Å². The first-order valence-corrected chi connectivity index (χ1v) is 4.65. The van der Waals surface area contributed by atoms with Crippen molar-refractivity contribution in [3.8, 4) is 0 Å². The van der Waals surface area contributed by atoms with Gasteiger partial charge in [-0.15, -0.1) is 0 Å². The molecule has 0 aliphatic carbocycles. The van der Waals surface area contributed by atoms with Gasteiger partial charge >= 0.3 is 0 Å². The molecule has 0 unspecified atom stereocenters. The lowest BCUT2D eigenvalue weighted by Crippen LogP contribution is -2.24. The standard InChI is InChI=1S/C9H21NO/c1-4-10(5-2)8-7-9-11-6-3/h4-9H2,1-3H3. The van der Waals surface area contributed by atoms with Gasteiger partial charge in [-0.05, 0) is 26.4 Å². The molecule has 0 aliphatic heterocycles. The molecule has 0 aromatic heterocycles. The lowest BCUT2D eigenvalue weighted by molar-refractivity contribution is 0.133. The summed E-state index contributed by atoms with van der Waals surface area (Å²) < 4.78 is 5.25. The number of rotatable bonds is 7. The van der Waals surface area contributed by atoms with E-state index in [9.17, 15) is 0 Å². The summed E-state index contributed by atoms with van der Waals surface area (Å²) in [6.45, 7) is 11.7. The summed E-state index contributed by atoms with van der Waals surface area (Å²) in [5, 5.41) is 0. The van der Waals surface area contributed by atoms with E-state index in [0.717, 1.165) is 32.7 Å². The maximum atomic E-state index is 5.25. The minimum absolute atomic E-state index is 0.845. The molecule has 0 saturated heterocycles. The van der Waals surface area contributed by atoms with Gasteiger partial charge in [0.15, 0.2) is 0 Å². The van der Waals surface area contributed by atoms with Crippen LogP contribution < -0.4 is 0 Å². The highest BCUT2D eigenvalue weighted by Gasteiger charge is 1.96. The summed E-state index contributed by atoms with van der Waals surface area (Å²) >= 11 is 0. The SMILES string of the molecule is CCOCCCN(CC)CC. The third-order valence-electron chi connectivity index (χ3n) is 1.86. The van der Waals surface area contributed by atoms with Gasteiger partial charge in [-0.25, -0.2) is 0 Å². The van der Waals surface area contributed by atoms with Crippen LogP contribution in [0.25, 0.3) is 0 Å². The first-order valence-electron chi connectivity index (χ1n) is 4.65. The first-order chi connectivity index (χ1) is 5.35. The third kappa shape index (κ3) is 6.32. The number of nitrogens with zero attached hydrogens (tertiary/aromatic N) is 1. The van der Waals surface area contributed by atoms with Gasteiger partial charge in [-0.1, -0.05) is 13.8 Å². The first kappa shape index (κ1) is 10.9. The second-order valence-corrected chi connectivity index (χ2v) is 2.58. The number of hydrogen-bond donors (Lipinski definition) is 0. The minimum Gasteiger partial charge on any atom is -0.382 e. The van der Waals surface area contributed by atoms with E-state index in [1.165, 1.54) is 6.54 Å². The molecular formula is C9H21NO. The van der Waals surface area contributed by atoms with E-state index in [2.05, 4.69) is 18.7 Å². The molecule has 0 N–H and O–H groups in total. The van der Waals surface area contributed by atoms with Crippen LogP contribution >= 0.6 is 0 Å². The fourth-order valence-electron chi connectivity index (χ4n) is 1.07. The fraction of sp³-hybridized carbons (Fsp3) is 1.00. The molecule has 2 nitrogen and oxygen atoms in total. The van der Waals surface area contributed by atoms with Gasteiger partial charge < -0.3 is 9.64 Å². The Morgan fingerprint density at radius 2 is 1.73 bits per heavy atom. The highest BCUT2D eigenvalue weighted by atomic mass is 16.5. The zero-order valence-electron chi connectivity index (χ0n) is 8.10. The van der Waals surface area contributed by atoms with Crippen molar-refractivity contribution in [2.75, 3.05) is 32.8 Å². The molecular weight excluding hydrogens is 138 g/mol. The summed E-state index contributed by atoms with van der Waals surface area (Å²) in [7, 11) is 0. The van der Waals surface area contributed by atoms with E-state index >= 15 is 0 Å². The highest BCUT2D eigenvalue weighted by molar-refractivity contribution is 4.50. The average molecular weight is 159 g/mol. The van der Waals surface area contributed by atoms with Gasteiger partial charge in [0.25, 0.3) is 0 Å². The van der Waals surface area contributed by atoms with Crippen molar-refractivity contribution in [2.24, 2.45) is 0 Å². The van der Waals surface area contributed by atoms with Crippen molar-refractivity contribution in [3.63, 3.8) is 0 Å². The summed E-state index contributed by atoms with van der Waals surface area (Å²) in [5.41, 5.74) is 0. The molecule has 0 aromatic rings. The van der Waals surface area contributed by atoms with E-state index in [0.29, 0.717) is 0 Å². The lowest BCUT2D eigenvalue weighted by Gasteiger charge is -2.17. The monoisotopic (exact) mass is 159 g/mol. The summed E-state index contributed by atoms with van der Waals surface area (Å²) in [6.07, 6.45) is 1.16. The molecule has 68 valence electrons. The van der Waals surface area contributed by atoms with E-state index in [1.807, 2.05) is 6.92 Å². The highest BCUT2D eigenvalue weighted by Crippen LogP contribution is 1.90. The summed E-state index contributed by atoms with van der Waals surface area (Å²) in [4.78, 5) is 2.42. The fourth-order valence-corrected chi connectivity index (χ4v) is 1.07. The van der Waals surface area contributed by atoms with E-state index in [1.54, 1.807) is 0 Å². The molecule has 2 heteroatoms. The second-order valence-electron chi connectivity index (χ2n) is 2.58. The van der Waals surface area contributed by atoms with Crippen LogP contribution in [0.15, 0.2) is 0 Å². The molecule has 0 radical (unpaired) electrons. The molecule has 0 heterocycles. The maximum absolute atomic E-state index is 5.25. The van der Waals surface area contributed by atoms with Crippen LogP contribution in [0.1, 0.15) is 27.2 Å². The van der Waals surface area contributed by atoms with Gasteiger partial charge in [0, 0.05) is 19.8 Å². The quantitative estimate of drug-likeness (QED) is 0.525. The largest absolute Gasteiger partial charge is 0.382 e. The average Bonchev–Trinajstić information content (AvgIpc) is 2.05. The van der Waals surface area contributed by atoms with Crippen molar-refractivity contribution in [1.29, 1.82) is 0 Å². The Bertz CT molecular complexity index is 72.0. The van der Waals surface area contributed by atoms with Crippen LogP contribution in [0.5, 0.6) is 0 Å². The van der Waals surface area contributed by atoms with E-state index in [4.69, 9.17) is 4.74 Å². The van der Waals surface area contributed by atoms with Gasteiger partial charge in [0.2, 0.25) is 0 Å². The molecule has 0 aliphatic rings. The lowest BCUT2D eigenvalue weighted by atomic mass is 10.4. The minimum atomic E-state index is 0.845. The second kappa shape index (κ2) is 8.02. The predicted molar refractivity (Wildman–Crippen MR) is 48.9 cm³/mol. The van der Waals surface area contributed by atoms with Crippen LogP contribution in [0.4, 0.5) is 0 Å².